The number of nitriles is 2. The van der Waals surface area contributed by atoms with Crippen molar-refractivity contribution in [2.75, 3.05) is 34.4 Å². The van der Waals surface area contributed by atoms with Gasteiger partial charge in [0, 0.05) is 6.54 Å². The molecule has 32 heavy (non-hydrogen) atoms. The van der Waals surface area contributed by atoms with Gasteiger partial charge < -0.3 is 24.1 Å². The van der Waals surface area contributed by atoms with Crippen molar-refractivity contribution in [3.05, 3.63) is 46.7 Å². The Kier molecular flexibility index (Phi) is 6.83. The van der Waals surface area contributed by atoms with Gasteiger partial charge in [0.15, 0.2) is 17.3 Å². The molecule has 0 aliphatic carbocycles. The van der Waals surface area contributed by atoms with Gasteiger partial charge in [0.25, 0.3) is 0 Å². The maximum atomic E-state index is 13.0. The molecular weight excluding hydrogens is 414 g/mol. The number of allylic oxidation sites excluding steroid dienone is 1. The summed E-state index contributed by atoms with van der Waals surface area (Å²) < 4.78 is 21.8. The van der Waals surface area contributed by atoms with E-state index in [0.717, 1.165) is 0 Å². The molecule has 0 spiro atoms. The number of hydrogen-bond acceptors (Lipinski definition) is 9. The van der Waals surface area contributed by atoms with Crippen LogP contribution in [0.25, 0.3) is 6.08 Å². The molecule has 0 aromatic heterocycles. The second-order valence-electron chi connectivity index (χ2n) is 6.80. The highest BCUT2D eigenvalue weighted by atomic mass is 16.5. The normalized spacial score (nSPS) is 13.3. The van der Waals surface area contributed by atoms with Crippen LogP contribution in [0.4, 0.5) is 0 Å². The zero-order valence-corrected chi connectivity index (χ0v) is 17.8. The van der Waals surface area contributed by atoms with Gasteiger partial charge in [-0.15, -0.1) is 0 Å². The number of Topliss-reactive ketones (excluding diaryl/α,β-unsaturated/α-hetero) is 1. The van der Waals surface area contributed by atoms with Gasteiger partial charge in [0.05, 0.1) is 57.7 Å². The standard InChI is InChI=1S/C23H21N3O6/c1-29-19-11-14(12-20(30-2)23(19)31-3)10-18-21(28)15-4-5-17(27)16(22(15)32-18)13-26(8-6-24)9-7-25/h4-5,10-12,27H,8-9,13H2,1-3H3. The molecule has 0 radical (unpaired) electrons. The number of benzene rings is 2. The van der Waals surface area contributed by atoms with Crippen LogP contribution in [0.3, 0.4) is 0 Å². The molecule has 9 heteroatoms. The molecule has 164 valence electrons. The number of fused-ring (bicyclic) bond motifs is 1. The number of methoxy groups -OCH3 is 3. The largest absolute Gasteiger partial charge is 0.507 e. The number of carbonyl (C=O) groups excluding carboxylic acids is 1. The smallest absolute Gasteiger partial charge is 0.231 e. The van der Waals surface area contributed by atoms with Crippen LogP contribution in [0.15, 0.2) is 30.0 Å². The minimum Gasteiger partial charge on any atom is -0.507 e. The Labute approximate surface area is 185 Å². The molecule has 1 aliphatic heterocycles. The van der Waals surface area contributed by atoms with Crippen LogP contribution in [-0.2, 0) is 6.54 Å². The molecule has 0 fully saturated rings. The molecule has 0 bridgehead atoms. The van der Waals surface area contributed by atoms with E-state index in [1.54, 1.807) is 12.1 Å². The van der Waals surface area contributed by atoms with Crippen LogP contribution in [0.1, 0.15) is 21.5 Å². The third kappa shape index (κ3) is 4.29. The molecule has 3 rings (SSSR count). The Hall–Kier alpha value is -4.21. The molecule has 0 unspecified atom stereocenters. The van der Waals surface area contributed by atoms with Gasteiger partial charge in [-0.05, 0) is 35.9 Å². The first-order valence-corrected chi connectivity index (χ1v) is 9.52. The van der Waals surface area contributed by atoms with Gasteiger partial charge in [0.1, 0.15) is 11.5 Å². The van der Waals surface area contributed by atoms with Gasteiger partial charge >= 0.3 is 0 Å². The molecule has 1 N–H and O–H groups in total. The summed E-state index contributed by atoms with van der Waals surface area (Å²) in [5, 5.41) is 28.3. The van der Waals surface area contributed by atoms with Gasteiger partial charge in [-0.1, -0.05) is 0 Å². The van der Waals surface area contributed by atoms with E-state index in [2.05, 4.69) is 0 Å². The maximum Gasteiger partial charge on any atom is 0.231 e. The predicted molar refractivity (Wildman–Crippen MR) is 114 cm³/mol. The van der Waals surface area contributed by atoms with Gasteiger partial charge in [0.2, 0.25) is 11.5 Å². The van der Waals surface area contributed by atoms with E-state index in [0.29, 0.717) is 28.4 Å². The number of phenols is 1. The molecule has 0 saturated heterocycles. The summed E-state index contributed by atoms with van der Waals surface area (Å²) in [7, 11) is 4.48. The lowest BCUT2D eigenvalue weighted by molar-refractivity contribution is 0.101. The molecule has 1 aliphatic rings. The van der Waals surface area contributed by atoms with Crippen molar-refractivity contribution in [3.8, 4) is 40.9 Å². The number of ketones is 1. The number of nitrogens with zero attached hydrogens (tertiary/aromatic N) is 3. The Morgan fingerprint density at radius 3 is 2.22 bits per heavy atom. The molecule has 0 atom stereocenters. The third-order valence-electron chi connectivity index (χ3n) is 4.87. The second-order valence-corrected chi connectivity index (χ2v) is 6.80. The first-order chi connectivity index (χ1) is 15.5. The summed E-state index contributed by atoms with van der Waals surface area (Å²) in [6.07, 6.45) is 1.54. The number of rotatable bonds is 8. The van der Waals surface area contributed by atoms with Crippen molar-refractivity contribution < 1.29 is 28.8 Å². The number of carbonyl (C=O) groups is 1. The number of phenolic OH excluding ortho intramolecular Hbond substituents is 1. The highest BCUT2D eigenvalue weighted by Crippen LogP contribution is 2.42. The molecular formula is C23H21N3O6. The summed E-state index contributed by atoms with van der Waals surface area (Å²) in [6.45, 7) is 0.0400. The molecule has 1 heterocycles. The van der Waals surface area contributed by atoms with Crippen LogP contribution in [0.2, 0.25) is 0 Å². The van der Waals surface area contributed by atoms with Crippen molar-refractivity contribution >= 4 is 11.9 Å². The Morgan fingerprint density at radius 2 is 1.69 bits per heavy atom. The fourth-order valence-corrected chi connectivity index (χ4v) is 3.38. The summed E-state index contributed by atoms with van der Waals surface area (Å²) in [5.74, 6) is 1.06. The first-order valence-electron chi connectivity index (χ1n) is 9.52. The van der Waals surface area contributed by atoms with Crippen molar-refractivity contribution in [1.29, 1.82) is 10.5 Å². The van der Waals surface area contributed by atoms with E-state index >= 15 is 0 Å². The Morgan fingerprint density at radius 1 is 1.06 bits per heavy atom. The van der Waals surface area contributed by atoms with Crippen LogP contribution in [0, 0.1) is 22.7 Å². The fourth-order valence-electron chi connectivity index (χ4n) is 3.38. The van der Waals surface area contributed by atoms with E-state index in [-0.39, 0.29) is 48.2 Å². The van der Waals surface area contributed by atoms with E-state index in [1.807, 2.05) is 12.1 Å². The molecule has 0 amide bonds. The predicted octanol–water partition coefficient (Wildman–Crippen LogP) is 2.88. The molecule has 2 aromatic rings. The lowest BCUT2D eigenvalue weighted by Gasteiger charge is -2.17. The van der Waals surface area contributed by atoms with Crippen molar-refractivity contribution in [2.24, 2.45) is 0 Å². The fraction of sp³-hybridized carbons (Fsp3) is 0.261. The van der Waals surface area contributed by atoms with E-state index < -0.39 is 0 Å². The van der Waals surface area contributed by atoms with Crippen LogP contribution >= 0.6 is 0 Å². The molecule has 0 saturated carbocycles. The highest BCUT2D eigenvalue weighted by Gasteiger charge is 2.32. The average molecular weight is 435 g/mol. The monoisotopic (exact) mass is 435 g/mol. The summed E-state index contributed by atoms with van der Waals surface area (Å²) in [4.78, 5) is 14.5. The third-order valence-corrected chi connectivity index (χ3v) is 4.87. The number of hydrogen-bond donors (Lipinski definition) is 1. The summed E-state index contributed by atoms with van der Waals surface area (Å²) in [5.41, 5.74) is 1.19. The van der Waals surface area contributed by atoms with E-state index in [1.165, 1.54) is 44.4 Å². The lowest BCUT2D eigenvalue weighted by Crippen LogP contribution is -2.24. The minimum atomic E-state index is -0.359. The van der Waals surface area contributed by atoms with Gasteiger partial charge in [-0.3, -0.25) is 9.69 Å². The minimum absolute atomic E-state index is 0.0151. The maximum absolute atomic E-state index is 13.0. The van der Waals surface area contributed by atoms with Gasteiger partial charge in [-0.2, -0.15) is 10.5 Å². The summed E-state index contributed by atoms with van der Waals surface area (Å²) in [6, 6.07) is 10.2. The van der Waals surface area contributed by atoms with Crippen LogP contribution in [-0.4, -0.2) is 50.2 Å². The number of aromatic hydroxyl groups is 1. The van der Waals surface area contributed by atoms with Crippen molar-refractivity contribution in [2.45, 2.75) is 6.54 Å². The zero-order chi connectivity index (χ0) is 23.3. The second kappa shape index (κ2) is 9.73. The topological polar surface area (TPSA) is 125 Å². The highest BCUT2D eigenvalue weighted by molar-refractivity contribution is 6.15. The zero-order valence-electron chi connectivity index (χ0n) is 17.8. The van der Waals surface area contributed by atoms with E-state index in [9.17, 15) is 9.90 Å². The summed E-state index contributed by atoms with van der Waals surface area (Å²) >= 11 is 0. The van der Waals surface area contributed by atoms with Crippen molar-refractivity contribution in [3.63, 3.8) is 0 Å². The van der Waals surface area contributed by atoms with Crippen molar-refractivity contribution in [1.82, 2.24) is 4.90 Å². The van der Waals surface area contributed by atoms with Crippen LogP contribution < -0.4 is 18.9 Å². The van der Waals surface area contributed by atoms with Crippen LogP contribution in [0.5, 0.6) is 28.7 Å². The molecule has 2 aromatic carbocycles. The Bertz CT molecular complexity index is 1120. The first kappa shape index (κ1) is 22.5. The Balaban J connectivity index is 2.00. The molecule has 9 nitrogen and oxygen atoms in total. The lowest BCUT2D eigenvalue weighted by atomic mass is 10.0. The average Bonchev–Trinajstić information content (AvgIpc) is 3.10. The SMILES string of the molecule is COc1cc(C=C2Oc3c(ccc(O)c3CN(CC#N)CC#N)C2=O)cc(OC)c1OC. The van der Waals surface area contributed by atoms with Gasteiger partial charge in [-0.25, -0.2) is 0 Å². The quantitative estimate of drug-likeness (QED) is 0.492. The number of ether oxygens (including phenoxy) is 4. The van der Waals surface area contributed by atoms with E-state index in [4.69, 9.17) is 29.5 Å².